The summed E-state index contributed by atoms with van der Waals surface area (Å²) >= 11 is 0. The number of ether oxygens (including phenoxy) is 2. The molecule has 1 aliphatic heterocycles. The fourth-order valence-electron chi connectivity index (χ4n) is 4.38. The van der Waals surface area contributed by atoms with Gasteiger partial charge < -0.3 is 23.8 Å². The van der Waals surface area contributed by atoms with E-state index in [9.17, 15) is 14.4 Å². The van der Waals surface area contributed by atoms with E-state index in [0.29, 0.717) is 49.6 Å². The van der Waals surface area contributed by atoms with Crippen LogP contribution in [0.4, 0.5) is 14.9 Å². The number of rotatable bonds is 5. The zero-order valence-electron chi connectivity index (χ0n) is 18.6. The maximum absolute atomic E-state index is 15.3. The molecule has 2 aromatic rings. The van der Waals surface area contributed by atoms with Crippen LogP contribution in [0.3, 0.4) is 0 Å². The lowest BCUT2D eigenvalue weighted by Crippen LogP contribution is -2.49. The van der Waals surface area contributed by atoms with E-state index >= 15 is 4.39 Å². The van der Waals surface area contributed by atoms with Gasteiger partial charge in [-0.1, -0.05) is 0 Å². The molecule has 2 aliphatic rings. The lowest BCUT2D eigenvalue weighted by molar-refractivity contribution is 0.0524. The Balaban J connectivity index is 1.76. The normalized spacial score (nSPS) is 16.4. The molecule has 0 spiro atoms. The molecule has 32 heavy (non-hydrogen) atoms. The smallest absolute Gasteiger partial charge is 0.409 e. The number of halogens is 1. The lowest BCUT2D eigenvalue weighted by atomic mass is 10.0. The summed E-state index contributed by atoms with van der Waals surface area (Å²) in [6.45, 7) is 7.47. The van der Waals surface area contributed by atoms with Gasteiger partial charge in [-0.25, -0.2) is 14.0 Å². The molecule has 0 bridgehead atoms. The summed E-state index contributed by atoms with van der Waals surface area (Å²) in [5, 5.41) is 0.186. The predicted octanol–water partition coefficient (Wildman–Crippen LogP) is 3.24. The highest BCUT2D eigenvalue weighted by molar-refractivity contribution is 5.96. The number of carbonyl (C=O) groups excluding carboxylic acids is 2. The minimum atomic E-state index is -0.689. The van der Waals surface area contributed by atoms with Gasteiger partial charge in [0.15, 0.2) is 0 Å². The molecule has 1 aromatic heterocycles. The minimum Gasteiger partial charge on any atom is -0.462 e. The lowest BCUT2D eigenvalue weighted by Gasteiger charge is -2.36. The molecule has 1 aliphatic carbocycles. The standard InChI is InChI=1S/C23H28FN3O5/c1-4-31-22(29)17-13-27(15-6-7-15)19-14(3)20(18(24)12-16(19)21(17)28)25-8-10-26(11-9-25)23(30)32-5-2/h12-13,15H,4-11H2,1-3H3. The Kier molecular flexibility index (Phi) is 6.08. The molecular formula is C23H28FN3O5. The summed E-state index contributed by atoms with van der Waals surface area (Å²) in [5.41, 5.74) is 1.15. The number of nitrogens with zero attached hydrogens (tertiary/aromatic N) is 3. The van der Waals surface area contributed by atoms with Crippen molar-refractivity contribution in [1.82, 2.24) is 9.47 Å². The number of amides is 1. The van der Waals surface area contributed by atoms with Crippen molar-refractivity contribution in [2.24, 2.45) is 0 Å². The SMILES string of the molecule is CCOC(=O)c1cn(C2CC2)c2c(C)c(N3CCN(C(=O)OCC)CC3)c(F)cc2c1=O. The molecular weight excluding hydrogens is 417 g/mol. The zero-order valence-corrected chi connectivity index (χ0v) is 18.6. The van der Waals surface area contributed by atoms with Crippen molar-refractivity contribution in [1.29, 1.82) is 0 Å². The van der Waals surface area contributed by atoms with E-state index in [2.05, 4.69) is 0 Å². The molecule has 1 amide bonds. The van der Waals surface area contributed by atoms with Gasteiger partial charge >= 0.3 is 12.1 Å². The predicted molar refractivity (Wildman–Crippen MR) is 118 cm³/mol. The number of aromatic nitrogens is 1. The van der Waals surface area contributed by atoms with Crippen molar-refractivity contribution >= 4 is 28.7 Å². The molecule has 1 saturated heterocycles. The summed E-state index contributed by atoms with van der Waals surface area (Å²) in [6, 6.07) is 1.41. The molecule has 2 fully saturated rings. The Morgan fingerprint density at radius 1 is 1.09 bits per heavy atom. The molecule has 0 N–H and O–H groups in total. The molecule has 0 radical (unpaired) electrons. The number of piperazine rings is 1. The molecule has 1 aromatic carbocycles. The molecule has 8 nitrogen and oxygen atoms in total. The van der Waals surface area contributed by atoms with Crippen molar-refractivity contribution in [2.45, 2.75) is 39.7 Å². The van der Waals surface area contributed by atoms with Gasteiger partial charge in [-0.2, -0.15) is 0 Å². The number of hydrogen-bond donors (Lipinski definition) is 0. The third-order valence-corrected chi connectivity index (χ3v) is 6.04. The van der Waals surface area contributed by atoms with Gasteiger partial charge in [-0.05, 0) is 45.2 Å². The summed E-state index contributed by atoms with van der Waals surface area (Å²) in [5.74, 6) is -1.20. The van der Waals surface area contributed by atoms with Crippen LogP contribution in [0.25, 0.3) is 10.9 Å². The largest absolute Gasteiger partial charge is 0.462 e. The molecule has 2 heterocycles. The number of pyridine rings is 1. The summed E-state index contributed by atoms with van der Waals surface area (Å²) in [7, 11) is 0. The molecule has 0 atom stereocenters. The van der Waals surface area contributed by atoms with E-state index < -0.39 is 17.2 Å². The number of anilines is 1. The Morgan fingerprint density at radius 2 is 1.75 bits per heavy atom. The Hall–Kier alpha value is -3.10. The second kappa shape index (κ2) is 8.80. The maximum atomic E-state index is 15.3. The highest BCUT2D eigenvalue weighted by atomic mass is 19.1. The monoisotopic (exact) mass is 445 g/mol. The first-order chi connectivity index (χ1) is 15.4. The highest BCUT2D eigenvalue weighted by Gasteiger charge is 2.31. The van der Waals surface area contributed by atoms with Gasteiger partial charge in [0, 0.05) is 43.8 Å². The number of fused-ring (bicyclic) bond motifs is 1. The molecule has 172 valence electrons. The van der Waals surface area contributed by atoms with Crippen LogP contribution in [-0.2, 0) is 9.47 Å². The van der Waals surface area contributed by atoms with Crippen molar-refractivity contribution in [3.8, 4) is 0 Å². The Morgan fingerprint density at radius 3 is 2.34 bits per heavy atom. The van der Waals surface area contributed by atoms with Crippen LogP contribution >= 0.6 is 0 Å². The number of carbonyl (C=O) groups is 2. The van der Waals surface area contributed by atoms with Crippen molar-refractivity contribution in [2.75, 3.05) is 44.3 Å². The first-order valence-electron chi connectivity index (χ1n) is 11.1. The highest BCUT2D eigenvalue weighted by Crippen LogP contribution is 2.40. The van der Waals surface area contributed by atoms with Crippen LogP contribution in [0.2, 0.25) is 0 Å². The van der Waals surface area contributed by atoms with Crippen molar-refractivity contribution in [3.63, 3.8) is 0 Å². The van der Waals surface area contributed by atoms with E-state index in [0.717, 1.165) is 12.8 Å². The first kappa shape index (κ1) is 22.1. The van der Waals surface area contributed by atoms with Gasteiger partial charge in [0.2, 0.25) is 5.43 Å². The number of hydrogen-bond acceptors (Lipinski definition) is 6. The van der Waals surface area contributed by atoms with Gasteiger partial charge in [-0.3, -0.25) is 4.79 Å². The second-order valence-corrected chi connectivity index (χ2v) is 8.13. The van der Waals surface area contributed by atoms with E-state index in [1.54, 1.807) is 31.9 Å². The van der Waals surface area contributed by atoms with Crippen LogP contribution in [0.1, 0.15) is 48.7 Å². The van der Waals surface area contributed by atoms with E-state index in [-0.39, 0.29) is 29.7 Å². The van der Waals surface area contributed by atoms with E-state index in [1.807, 2.05) is 9.47 Å². The summed E-state index contributed by atoms with van der Waals surface area (Å²) in [4.78, 5) is 40.9. The fraction of sp³-hybridized carbons (Fsp3) is 0.522. The molecule has 0 unspecified atom stereocenters. The van der Waals surface area contributed by atoms with Crippen LogP contribution in [0, 0.1) is 12.7 Å². The molecule has 1 saturated carbocycles. The van der Waals surface area contributed by atoms with Crippen LogP contribution < -0.4 is 10.3 Å². The van der Waals surface area contributed by atoms with Gasteiger partial charge in [0.25, 0.3) is 0 Å². The van der Waals surface area contributed by atoms with E-state index in [1.165, 1.54) is 6.07 Å². The fourth-order valence-corrected chi connectivity index (χ4v) is 4.38. The van der Waals surface area contributed by atoms with Gasteiger partial charge in [0.05, 0.1) is 24.4 Å². The maximum Gasteiger partial charge on any atom is 0.409 e. The van der Waals surface area contributed by atoms with Crippen molar-refractivity contribution < 1.29 is 23.5 Å². The average molecular weight is 445 g/mol. The van der Waals surface area contributed by atoms with Crippen molar-refractivity contribution in [3.05, 3.63) is 39.4 Å². The van der Waals surface area contributed by atoms with Gasteiger partial charge in [-0.15, -0.1) is 0 Å². The molecule has 9 heteroatoms. The van der Waals surface area contributed by atoms with Crippen LogP contribution in [0.15, 0.2) is 17.1 Å². The third-order valence-electron chi connectivity index (χ3n) is 6.04. The van der Waals surface area contributed by atoms with Crippen LogP contribution in [-0.4, -0.2) is 60.9 Å². The second-order valence-electron chi connectivity index (χ2n) is 8.13. The van der Waals surface area contributed by atoms with Gasteiger partial charge in [0.1, 0.15) is 11.4 Å². The minimum absolute atomic E-state index is 0.0687. The number of benzene rings is 1. The van der Waals surface area contributed by atoms with Crippen LogP contribution in [0.5, 0.6) is 0 Å². The molecule has 4 rings (SSSR count). The first-order valence-corrected chi connectivity index (χ1v) is 11.1. The zero-order chi connectivity index (χ0) is 23.0. The number of esters is 1. The summed E-state index contributed by atoms with van der Waals surface area (Å²) in [6.07, 6.45) is 3.07. The third kappa shape index (κ3) is 3.91. The summed E-state index contributed by atoms with van der Waals surface area (Å²) < 4.78 is 27.4. The van der Waals surface area contributed by atoms with E-state index in [4.69, 9.17) is 9.47 Å². The quantitative estimate of drug-likeness (QED) is 0.658. The Labute approximate surface area is 185 Å². The average Bonchev–Trinajstić information content (AvgIpc) is 3.60. The topological polar surface area (TPSA) is 81.1 Å². The Bertz CT molecular complexity index is 1120. The number of aryl methyl sites for hydroxylation is 1.